The second kappa shape index (κ2) is 5.35. The average molecular weight is 309 g/mol. The largest absolute Gasteiger partial charge is 0.349 e. The highest BCUT2D eigenvalue weighted by molar-refractivity contribution is 6.21. The van der Waals surface area contributed by atoms with Crippen LogP contribution in [-0.2, 0) is 6.54 Å². The van der Waals surface area contributed by atoms with Gasteiger partial charge in [-0.3, -0.25) is 19.4 Å². The summed E-state index contributed by atoms with van der Waals surface area (Å²) in [6, 6.07) is 11.6. The third-order valence-corrected chi connectivity index (χ3v) is 4.96. The molecule has 0 saturated carbocycles. The summed E-state index contributed by atoms with van der Waals surface area (Å²) in [5.74, 6) is -0.336. The van der Waals surface area contributed by atoms with E-state index in [0.717, 1.165) is 13.1 Å². The van der Waals surface area contributed by atoms with E-state index in [-0.39, 0.29) is 11.8 Å². The molecule has 0 radical (unpaired) electrons. The lowest BCUT2D eigenvalue weighted by atomic mass is 10.1. The number of imide groups is 1. The Morgan fingerprint density at radius 3 is 2.35 bits per heavy atom. The highest BCUT2D eigenvalue weighted by Crippen LogP contribution is 2.26. The molecule has 2 aromatic rings. The van der Waals surface area contributed by atoms with Crippen molar-refractivity contribution in [2.75, 3.05) is 19.6 Å². The van der Waals surface area contributed by atoms with Gasteiger partial charge >= 0.3 is 0 Å². The minimum absolute atomic E-state index is 0.168. The maximum atomic E-state index is 12.4. The first kappa shape index (κ1) is 14.2. The normalized spacial score (nSPS) is 20.7. The number of benzene rings is 1. The molecule has 3 heterocycles. The molecule has 1 aromatic carbocycles. The third kappa shape index (κ3) is 2.19. The molecule has 2 aliphatic heterocycles. The Morgan fingerprint density at radius 2 is 1.65 bits per heavy atom. The fourth-order valence-corrected chi connectivity index (χ4v) is 3.60. The van der Waals surface area contributed by atoms with Crippen molar-refractivity contribution in [3.63, 3.8) is 0 Å². The second-order valence-corrected chi connectivity index (χ2v) is 6.15. The quantitative estimate of drug-likeness (QED) is 0.816. The van der Waals surface area contributed by atoms with Crippen molar-refractivity contribution >= 4 is 11.8 Å². The van der Waals surface area contributed by atoms with Gasteiger partial charge in [0.1, 0.15) is 0 Å². The molecule has 4 rings (SSSR count). The Balaban J connectivity index is 1.47. The monoisotopic (exact) mass is 309 g/mol. The van der Waals surface area contributed by atoms with E-state index in [2.05, 4.69) is 34.7 Å². The molecule has 0 bridgehead atoms. The Hall–Kier alpha value is -2.40. The van der Waals surface area contributed by atoms with Crippen molar-refractivity contribution in [3.8, 4) is 0 Å². The van der Waals surface area contributed by atoms with Crippen molar-refractivity contribution in [1.29, 1.82) is 0 Å². The Bertz CT molecular complexity index is 745. The maximum Gasteiger partial charge on any atom is 0.261 e. The minimum Gasteiger partial charge on any atom is -0.349 e. The van der Waals surface area contributed by atoms with Gasteiger partial charge in [-0.1, -0.05) is 12.1 Å². The van der Waals surface area contributed by atoms with Gasteiger partial charge in [-0.25, -0.2) is 0 Å². The number of aromatic nitrogens is 1. The van der Waals surface area contributed by atoms with Crippen molar-refractivity contribution in [1.82, 2.24) is 14.4 Å². The van der Waals surface area contributed by atoms with Crippen LogP contribution in [-0.4, -0.2) is 45.8 Å². The molecule has 1 unspecified atom stereocenters. The van der Waals surface area contributed by atoms with Crippen LogP contribution in [0.4, 0.5) is 0 Å². The summed E-state index contributed by atoms with van der Waals surface area (Å²) in [5, 5.41) is 0. The van der Waals surface area contributed by atoms with Crippen LogP contribution >= 0.6 is 0 Å². The zero-order valence-corrected chi connectivity index (χ0v) is 13.1. The zero-order chi connectivity index (χ0) is 16.0. The van der Waals surface area contributed by atoms with Crippen molar-refractivity contribution < 1.29 is 9.59 Å². The molecule has 23 heavy (non-hydrogen) atoms. The van der Waals surface area contributed by atoms with E-state index >= 15 is 0 Å². The Labute approximate surface area is 135 Å². The lowest BCUT2D eigenvalue weighted by Crippen LogP contribution is -2.42. The summed E-state index contributed by atoms with van der Waals surface area (Å²) in [6.45, 7) is 5.21. The smallest absolute Gasteiger partial charge is 0.261 e. The predicted molar refractivity (Wildman–Crippen MR) is 86.2 cm³/mol. The van der Waals surface area contributed by atoms with E-state index in [4.69, 9.17) is 0 Å². The van der Waals surface area contributed by atoms with Crippen LogP contribution in [0.3, 0.4) is 0 Å². The summed E-state index contributed by atoms with van der Waals surface area (Å²) in [5.41, 5.74) is 2.34. The van der Waals surface area contributed by atoms with Gasteiger partial charge in [0, 0.05) is 44.1 Å². The molecular weight excluding hydrogens is 290 g/mol. The first-order valence-electron chi connectivity index (χ1n) is 8.01. The highest BCUT2D eigenvalue weighted by atomic mass is 16.2. The number of fused-ring (bicyclic) bond motifs is 2. The van der Waals surface area contributed by atoms with Crippen LogP contribution in [0.5, 0.6) is 0 Å². The van der Waals surface area contributed by atoms with E-state index in [0.29, 0.717) is 30.3 Å². The number of hydrogen-bond acceptors (Lipinski definition) is 3. The molecule has 0 saturated heterocycles. The molecule has 2 amide bonds. The van der Waals surface area contributed by atoms with Crippen LogP contribution < -0.4 is 0 Å². The van der Waals surface area contributed by atoms with Crippen LogP contribution in [0.25, 0.3) is 0 Å². The van der Waals surface area contributed by atoms with Crippen LogP contribution in [0.2, 0.25) is 0 Å². The zero-order valence-electron chi connectivity index (χ0n) is 13.1. The Morgan fingerprint density at radius 1 is 0.957 bits per heavy atom. The average Bonchev–Trinajstić information content (AvgIpc) is 3.13. The van der Waals surface area contributed by atoms with Gasteiger partial charge in [-0.15, -0.1) is 0 Å². The third-order valence-electron chi connectivity index (χ3n) is 4.96. The van der Waals surface area contributed by atoms with Gasteiger partial charge in [0.05, 0.1) is 11.1 Å². The van der Waals surface area contributed by atoms with Crippen LogP contribution in [0.15, 0.2) is 42.6 Å². The minimum atomic E-state index is -0.168. The molecule has 5 heteroatoms. The molecule has 118 valence electrons. The van der Waals surface area contributed by atoms with E-state index in [1.807, 2.05) is 0 Å². The number of hydrogen-bond donors (Lipinski definition) is 0. The van der Waals surface area contributed by atoms with Crippen LogP contribution in [0.1, 0.15) is 39.4 Å². The van der Waals surface area contributed by atoms with Gasteiger partial charge in [0.2, 0.25) is 0 Å². The number of nitrogens with zero attached hydrogens (tertiary/aromatic N) is 3. The molecule has 0 fully saturated rings. The van der Waals surface area contributed by atoms with E-state index in [1.165, 1.54) is 10.6 Å². The van der Waals surface area contributed by atoms with E-state index in [1.54, 1.807) is 24.3 Å². The van der Waals surface area contributed by atoms with Gasteiger partial charge in [-0.2, -0.15) is 0 Å². The lowest BCUT2D eigenvalue weighted by molar-refractivity contribution is 0.0616. The van der Waals surface area contributed by atoms with Gasteiger partial charge < -0.3 is 4.57 Å². The SMILES string of the molecule is CC1c2cccn2CCN1CCN1C(=O)c2ccccc2C1=O. The van der Waals surface area contributed by atoms with Gasteiger partial charge in [0.15, 0.2) is 0 Å². The number of carbonyl (C=O) groups is 2. The molecule has 0 aliphatic carbocycles. The van der Waals surface area contributed by atoms with Crippen molar-refractivity contribution in [2.24, 2.45) is 0 Å². The molecule has 2 aliphatic rings. The number of rotatable bonds is 3. The summed E-state index contributed by atoms with van der Waals surface area (Å²) in [7, 11) is 0. The van der Waals surface area contributed by atoms with Crippen molar-refractivity contribution in [2.45, 2.75) is 19.5 Å². The fourth-order valence-electron chi connectivity index (χ4n) is 3.60. The van der Waals surface area contributed by atoms with Gasteiger partial charge in [0.25, 0.3) is 11.8 Å². The Kier molecular flexibility index (Phi) is 3.31. The molecule has 1 atom stereocenters. The standard InChI is InChI=1S/C18H19N3O2/c1-13-16-7-4-8-20(16)10-9-19(13)11-12-21-17(22)14-5-2-3-6-15(14)18(21)23/h2-8,13H,9-12H2,1H3. The number of carbonyl (C=O) groups excluding carboxylic acids is 2. The topological polar surface area (TPSA) is 45.5 Å². The lowest BCUT2D eigenvalue weighted by Gasteiger charge is -2.35. The van der Waals surface area contributed by atoms with E-state index in [9.17, 15) is 9.59 Å². The van der Waals surface area contributed by atoms with E-state index < -0.39 is 0 Å². The first-order valence-corrected chi connectivity index (χ1v) is 8.01. The summed E-state index contributed by atoms with van der Waals surface area (Å²) >= 11 is 0. The van der Waals surface area contributed by atoms with Crippen LogP contribution in [0, 0.1) is 0 Å². The predicted octanol–water partition coefficient (Wildman–Crippen LogP) is 2.16. The number of amides is 2. The molecule has 0 N–H and O–H groups in total. The molecule has 5 nitrogen and oxygen atoms in total. The van der Waals surface area contributed by atoms with Gasteiger partial charge in [-0.05, 0) is 31.2 Å². The summed E-state index contributed by atoms with van der Waals surface area (Å²) < 4.78 is 2.27. The maximum absolute atomic E-state index is 12.4. The highest BCUT2D eigenvalue weighted by Gasteiger charge is 2.35. The second-order valence-electron chi connectivity index (χ2n) is 6.15. The fraction of sp³-hybridized carbons (Fsp3) is 0.333. The molecular formula is C18H19N3O2. The van der Waals surface area contributed by atoms with Crippen molar-refractivity contribution in [3.05, 3.63) is 59.4 Å². The molecule has 1 aromatic heterocycles. The summed E-state index contributed by atoms with van der Waals surface area (Å²) in [4.78, 5) is 28.5. The molecule has 0 spiro atoms. The summed E-state index contributed by atoms with van der Waals surface area (Å²) in [6.07, 6.45) is 2.10. The first-order chi connectivity index (χ1) is 11.2.